The van der Waals surface area contributed by atoms with Crippen molar-refractivity contribution in [3.05, 3.63) is 76.8 Å². The van der Waals surface area contributed by atoms with Crippen molar-refractivity contribution >= 4 is 28.7 Å². The van der Waals surface area contributed by atoms with Crippen LogP contribution in [0.2, 0.25) is 0 Å². The molecule has 4 aromatic rings. The number of aromatic amines is 1. The lowest BCUT2D eigenvalue weighted by atomic mass is 10.0. The number of cyclic esters (lactones) is 1. The zero-order chi connectivity index (χ0) is 20.0. The summed E-state index contributed by atoms with van der Waals surface area (Å²) in [5, 5.41) is 9.61. The van der Waals surface area contributed by atoms with Gasteiger partial charge in [0.2, 0.25) is 0 Å². The number of benzene rings is 2. The van der Waals surface area contributed by atoms with E-state index in [-0.39, 0.29) is 12.6 Å². The number of nitrogens with zero attached hydrogens (tertiary/aromatic N) is 2. The Morgan fingerprint density at radius 2 is 2.10 bits per heavy atom. The minimum atomic E-state index is -0.297. The Bertz CT molecular complexity index is 1350. The van der Waals surface area contributed by atoms with Crippen LogP contribution < -0.4 is 0 Å². The first-order valence-corrected chi connectivity index (χ1v) is 9.09. The number of ether oxygens (including phenoxy) is 1. The quantitative estimate of drug-likeness (QED) is 0.404. The Morgan fingerprint density at radius 3 is 2.97 bits per heavy atom. The van der Waals surface area contributed by atoms with Gasteiger partial charge in [-0.05, 0) is 48.9 Å². The van der Waals surface area contributed by atoms with Gasteiger partial charge in [-0.15, -0.1) is 0 Å². The van der Waals surface area contributed by atoms with Crippen molar-refractivity contribution in [3.63, 3.8) is 0 Å². The third-order valence-corrected chi connectivity index (χ3v) is 4.89. The molecule has 6 heteroatoms. The number of hydrogen-bond acceptors (Lipinski definition) is 5. The Labute approximate surface area is 166 Å². The fraction of sp³-hybridized carbons (Fsp3) is 0.0870. The molecule has 0 spiro atoms. The molecule has 1 aliphatic rings. The predicted octanol–water partition coefficient (Wildman–Crippen LogP) is 4.87. The molecule has 29 heavy (non-hydrogen) atoms. The number of carbonyl (C=O) groups excluding carboxylic acids is 1. The van der Waals surface area contributed by atoms with Crippen LogP contribution in [-0.4, -0.2) is 15.9 Å². The maximum atomic E-state index is 11.6. The van der Waals surface area contributed by atoms with Gasteiger partial charge in [0.25, 0.3) is 0 Å². The van der Waals surface area contributed by atoms with Gasteiger partial charge in [0.05, 0.1) is 22.2 Å². The molecule has 2 aromatic carbocycles. The van der Waals surface area contributed by atoms with E-state index < -0.39 is 0 Å². The Balaban J connectivity index is 1.48. The molecular formula is C23H15N3O3. The summed E-state index contributed by atoms with van der Waals surface area (Å²) in [6.45, 7) is 2.28. The van der Waals surface area contributed by atoms with Crippen LogP contribution in [0.1, 0.15) is 33.1 Å². The average Bonchev–Trinajstić information content (AvgIpc) is 3.44. The molecule has 2 aromatic heterocycles. The number of aromatic nitrogens is 2. The molecule has 1 N–H and O–H groups in total. The van der Waals surface area contributed by atoms with Crippen molar-refractivity contribution in [1.29, 1.82) is 5.26 Å². The van der Waals surface area contributed by atoms with E-state index >= 15 is 0 Å². The minimum Gasteiger partial charge on any atom is -0.457 e. The summed E-state index contributed by atoms with van der Waals surface area (Å²) in [6.07, 6.45) is 1.66. The van der Waals surface area contributed by atoms with Crippen LogP contribution in [-0.2, 0) is 11.3 Å². The van der Waals surface area contributed by atoms with Crippen molar-refractivity contribution in [2.45, 2.75) is 13.5 Å². The van der Waals surface area contributed by atoms with Gasteiger partial charge in [-0.25, -0.2) is 9.78 Å². The van der Waals surface area contributed by atoms with Gasteiger partial charge in [0, 0.05) is 17.2 Å². The van der Waals surface area contributed by atoms with Crippen molar-refractivity contribution in [3.8, 4) is 17.4 Å². The van der Waals surface area contributed by atoms with Crippen LogP contribution in [0.5, 0.6) is 0 Å². The fourth-order valence-corrected chi connectivity index (χ4v) is 3.42. The molecule has 3 heterocycles. The summed E-state index contributed by atoms with van der Waals surface area (Å²) in [5.74, 6) is 1.39. The number of esters is 1. The number of carbonyl (C=O) groups is 1. The van der Waals surface area contributed by atoms with E-state index in [9.17, 15) is 10.1 Å². The number of rotatable bonds is 3. The predicted molar refractivity (Wildman–Crippen MR) is 108 cm³/mol. The third kappa shape index (κ3) is 2.99. The zero-order valence-electron chi connectivity index (χ0n) is 15.5. The highest BCUT2D eigenvalue weighted by molar-refractivity contribution is 5.94. The lowest BCUT2D eigenvalue weighted by Gasteiger charge is -1.99. The smallest absolute Gasteiger partial charge is 0.338 e. The minimum absolute atomic E-state index is 0.277. The van der Waals surface area contributed by atoms with Gasteiger partial charge in [0.15, 0.2) is 0 Å². The standard InChI is InChI=1S/C23H15N3O3/c1-13-2-6-19-20(8-13)26-22(25-19)15(11-24)10-17-4-7-21(29-17)14-3-5-18-16(9-14)12-28-23(18)27/h2-10H,12H2,1H3,(H,25,26). The normalized spacial score (nSPS) is 13.4. The third-order valence-electron chi connectivity index (χ3n) is 4.89. The highest BCUT2D eigenvalue weighted by atomic mass is 16.5. The largest absolute Gasteiger partial charge is 0.457 e. The van der Waals surface area contributed by atoms with Gasteiger partial charge in [0.1, 0.15) is 30.0 Å². The number of fused-ring (bicyclic) bond motifs is 2. The lowest BCUT2D eigenvalue weighted by molar-refractivity contribution is 0.0535. The second-order valence-corrected chi connectivity index (χ2v) is 6.93. The summed E-state index contributed by atoms with van der Waals surface area (Å²) < 4.78 is 11.0. The Hall–Kier alpha value is -4.11. The summed E-state index contributed by atoms with van der Waals surface area (Å²) in [7, 11) is 0. The van der Waals surface area contributed by atoms with Gasteiger partial charge in [-0.2, -0.15) is 5.26 Å². The molecule has 5 rings (SSSR count). The van der Waals surface area contributed by atoms with E-state index in [1.165, 1.54) is 0 Å². The monoisotopic (exact) mass is 381 g/mol. The summed E-state index contributed by atoms with van der Waals surface area (Å²) in [4.78, 5) is 19.3. The number of allylic oxidation sites excluding steroid dienone is 1. The average molecular weight is 381 g/mol. The van der Waals surface area contributed by atoms with Crippen molar-refractivity contribution < 1.29 is 13.9 Å². The Morgan fingerprint density at radius 1 is 1.21 bits per heavy atom. The van der Waals surface area contributed by atoms with Crippen molar-refractivity contribution in [1.82, 2.24) is 9.97 Å². The van der Waals surface area contributed by atoms with Crippen molar-refractivity contribution in [2.75, 3.05) is 0 Å². The molecule has 0 saturated heterocycles. The molecule has 0 aliphatic carbocycles. The fourth-order valence-electron chi connectivity index (χ4n) is 3.42. The van der Waals surface area contributed by atoms with Crippen LogP contribution in [0.3, 0.4) is 0 Å². The molecule has 0 radical (unpaired) electrons. The number of nitrogens with one attached hydrogen (secondary N) is 1. The van der Waals surface area contributed by atoms with E-state index in [2.05, 4.69) is 16.0 Å². The van der Waals surface area contributed by atoms with E-state index in [0.717, 1.165) is 27.7 Å². The molecular weight excluding hydrogens is 366 g/mol. The SMILES string of the molecule is Cc1ccc2nc(C(C#N)=Cc3ccc(-c4ccc5c(c4)COC5=O)o3)[nH]c2c1. The topological polar surface area (TPSA) is 91.9 Å². The molecule has 0 unspecified atom stereocenters. The Kier molecular flexibility index (Phi) is 3.81. The molecule has 1 aliphatic heterocycles. The van der Waals surface area contributed by atoms with E-state index in [1.54, 1.807) is 18.2 Å². The van der Waals surface area contributed by atoms with E-state index in [4.69, 9.17) is 9.15 Å². The number of hydrogen-bond donors (Lipinski definition) is 1. The second-order valence-electron chi connectivity index (χ2n) is 6.93. The first-order valence-electron chi connectivity index (χ1n) is 9.09. The van der Waals surface area contributed by atoms with Gasteiger partial charge >= 0.3 is 5.97 Å². The lowest BCUT2D eigenvalue weighted by Crippen LogP contribution is -1.92. The maximum absolute atomic E-state index is 11.6. The highest BCUT2D eigenvalue weighted by Gasteiger charge is 2.21. The molecule has 0 bridgehead atoms. The first kappa shape index (κ1) is 17.0. The van der Waals surface area contributed by atoms with Crippen LogP contribution >= 0.6 is 0 Å². The number of nitriles is 1. The maximum Gasteiger partial charge on any atom is 0.338 e. The van der Waals surface area contributed by atoms with Crippen molar-refractivity contribution in [2.24, 2.45) is 0 Å². The summed E-state index contributed by atoms with van der Waals surface area (Å²) in [6, 6.07) is 17.2. The highest BCUT2D eigenvalue weighted by Crippen LogP contribution is 2.29. The van der Waals surface area contributed by atoms with Crippen LogP contribution in [0.15, 0.2) is 52.9 Å². The van der Waals surface area contributed by atoms with Crippen LogP contribution in [0.4, 0.5) is 0 Å². The van der Waals surface area contributed by atoms with Gasteiger partial charge in [-0.3, -0.25) is 0 Å². The molecule has 6 nitrogen and oxygen atoms in total. The molecule has 0 saturated carbocycles. The van der Waals surface area contributed by atoms with Gasteiger partial charge < -0.3 is 14.1 Å². The van der Waals surface area contributed by atoms with Crippen LogP contribution in [0, 0.1) is 18.3 Å². The molecule has 0 amide bonds. The summed E-state index contributed by atoms with van der Waals surface area (Å²) >= 11 is 0. The molecule has 140 valence electrons. The van der Waals surface area contributed by atoms with E-state index in [0.29, 0.717) is 28.5 Å². The number of aryl methyl sites for hydroxylation is 1. The summed E-state index contributed by atoms with van der Waals surface area (Å²) in [5.41, 5.74) is 5.47. The number of furan rings is 1. The van der Waals surface area contributed by atoms with Gasteiger partial charge in [-0.1, -0.05) is 12.1 Å². The molecule has 0 fully saturated rings. The number of imidazole rings is 1. The van der Waals surface area contributed by atoms with Crippen LogP contribution in [0.25, 0.3) is 34.0 Å². The second kappa shape index (κ2) is 6.50. The zero-order valence-corrected chi connectivity index (χ0v) is 15.5. The number of H-pyrrole nitrogens is 1. The molecule has 0 atom stereocenters. The van der Waals surface area contributed by atoms with E-state index in [1.807, 2.05) is 43.3 Å². The first-order chi connectivity index (χ1) is 14.1.